The SMILES string of the molecule is CC.CC(C)CC(NC(=O)OC(C)(C)C)C(O)C1(C)CO1. The summed E-state index contributed by atoms with van der Waals surface area (Å²) in [6, 6.07) is -0.359. The van der Waals surface area contributed by atoms with Crippen LogP contribution in [0.1, 0.15) is 61.8 Å². The molecular formula is C16H33NO4. The van der Waals surface area contributed by atoms with Crippen LogP contribution in [-0.4, -0.2) is 41.2 Å². The van der Waals surface area contributed by atoms with Crippen LogP contribution in [0.4, 0.5) is 4.79 Å². The van der Waals surface area contributed by atoms with Crippen molar-refractivity contribution in [3.05, 3.63) is 0 Å². The Morgan fingerprint density at radius 1 is 1.38 bits per heavy atom. The molecule has 0 aliphatic carbocycles. The van der Waals surface area contributed by atoms with Gasteiger partial charge >= 0.3 is 6.09 Å². The predicted octanol–water partition coefficient (Wildman–Crippen LogP) is 3.10. The molecular weight excluding hydrogens is 270 g/mol. The molecule has 0 aromatic rings. The van der Waals surface area contributed by atoms with Gasteiger partial charge in [-0.3, -0.25) is 0 Å². The summed E-state index contributed by atoms with van der Waals surface area (Å²) in [6.45, 7) is 15.9. The van der Waals surface area contributed by atoms with Crippen molar-refractivity contribution in [3.63, 3.8) is 0 Å². The maximum atomic E-state index is 11.8. The largest absolute Gasteiger partial charge is 0.444 e. The zero-order valence-corrected chi connectivity index (χ0v) is 14.8. The molecule has 3 unspecified atom stereocenters. The van der Waals surface area contributed by atoms with E-state index in [4.69, 9.17) is 9.47 Å². The van der Waals surface area contributed by atoms with Crippen molar-refractivity contribution in [2.75, 3.05) is 6.61 Å². The minimum atomic E-state index is -0.720. The van der Waals surface area contributed by atoms with Gasteiger partial charge in [-0.25, -0.2) is 4.79 Å². The number of ether oxygens (including phenoxy) is 2. The molecule has 3 atom stereocenters. The van der Waals surface area contributed by atoms with Gasteiger partial charge in [0.05, 0.1) is 12.6 Å². The Labute approximate surface area is 129 Å². The number of carbonyl (C=O) groups excluding carboxylic acids is 1. The number of nitrogens with one attached hydrogen (secondary N) is 1. The molecule has 1 aliphatic rings. The van der Waals surface area contributed by atoms with Crippen LogP contribution in [0.25, 0.3) is 0 Å². The number of epoxide rings is 1. The first-order valence-electron chi connectivity index (χ1n) is 7.85. The molecule has 126 valence electrons. The summed E-state index contributed by atoms with van der Waals surface area (Å²) in [5, 5.41) is 13.1. The first-order chi connectivity index (χ1) is 9.53. The lowest BCUT2D eigenvalue weighted by molar-refractivity contribution is 0.0228. The van der Waals surface area contributed by atoms with E-state index in [1.165, 1.54) is 0 Å². The fraction of sp³-hybridized carbons (Fsp3) is 0.938. The van der Waals surface area contributed by atoms with E-state index < -0.39 is 23.4 Å². The van der Waals surface area contributed by atoms with Crippen LogP contribution in [0.3, 0.4) is 0 Å². The third kappa shape index (κ3) is 7.67. The van der Waals surface area contributed by atoms with Crippen molar-refractivity contribution in [2.24, 2.45) is 5.92 Å². The molecule has 2 N–H and O–H groups in total. The highest BCUT2D eigenvalue weighted by Crippen LogP contribution is 2.33. The number of amides is 1. The summed E-state index contributed by atoms with van der Waals surface area (Å²) in [5.74, 6) is 0.358. The summed E-state index contributed by atoms with van der Waals surface area (Å²) < 4.78 is 10.5. The number of rotatable bonds is 5. The molecule has 1 saturated heterocycles. The highest BCUT2D eigenvalue weighted by molar-refractivity contribution is 5.68. The molecule has 0 bridgehead atoms. The average molecular weight is 303 g/mol. The zero-order chi connectivity index (χ0) is 16.8. The van der Waals surface area contributed by atoms with Crippen LogP contribution in [0.2, 0.25) is 0 Å². The molecule has 1 amide bonds. The summed E-state index contributed by atoms with van der Waals surface area (Å²) in [7, 11) is 0. The van der Waals surface area contributed by atoms with Gasteiger partial charge in [0, 0.05) is 0 Å². The number of hydrogen-bond acceptors (Lipinski definition) is 4. The Balaban J connectivity index is 0.00000191. The quantitative estimate of drug-likeness (QED) is 0.766. The minimum absolute atomic E-state index is 0.358. The van der Waals surface area contributed by atoms with Gasteiger partial charge in [0.15, 0.2) is 0 Å². The van der Waals surface area contributed by atoms with Gasteiger partial charge in [-0.1, -0.05) is 27.7 Å². The van der Waals surface area contributed by atoms with E-state index in [0.29, 0.717) is 18.9 Å². The summed E-state index contributed by atoms with van der Waals surface area (Å²) >= 11 is 0. The van der Waals surface area contributed by atoms with Crippen molar-refractivity contribution >= 4 is 6.09 Å². The van der Waals surface area contributed by atoms with E-state index in [1.54, 1.807) is 0 Å². The predicted molar refractivity (Wildman–Crippen MR) is 84.3 cm³/mol. The molecule has 1 fully saturated rings. The molecule has 5 heteroatoms. The Kier molecular flexibility index (Phi) is 7.68. The summed E-state index contributed by atoms with van der Waals surface area (Å²) in [4.78, 5) is 11.8. The molecule has 0 aromatic carbocycles. The highest BCUT2D eigenvalue weighted by Gasteiger charge is 2.50. The standard InChI is InChI=1S/C14H27NO4.C2H6/c1-9(2)7-10(11(16)14(6)8-18-14)15-12(17)19-13(3,4)5;1-2/h9-11,16H,7-8H2,1-6H3,(H,15,17);1-2H3. The molecule has 0 saturated carbocycles. The Morgan fingerprint density at radius 3 is 2.19 bits per heavy atom. The summed E-state index contributed by atoms with van der Waals surface area (Å²) in [6.07, 6.45) is -0.539. The van der Waals surface area contributed by atoms with Gasteiger partial charge in [-0.05, 0) is 40.0 Å². The molecule has 21 heavy (non-hydrogen) atoms. The van der Waals surface area contributed by atoms with Crippen molar-refractivity contribution < 1.29 is 19.4 Å². The smallest absolute Gasteiger partial charge is 0.407 e. The van der Waals surface area contributed by atoms with E-state index in [-0.39, 0.29) is 6.04 Å². The lowest BCUT2D eigenvalue weighted by Crippen LogP contribution is -2.51. The molecule has 1 heterocycles. The molecule has 5 nitrogen and oxygen atoms in total. The van der Waals surface area contributed by atoms with Crippen molar-refractivity contribution in [1.29, 1.82) is 0 Å². The lowest BCUT2D eigenvalue weighted by Gasteiger charge is -2.29. The number of carbonyl (C=O) groups is 1. The average Bonchev–Trinajstić information content (AvgIpc) is 3.06. The number of aliphatic hydroxyl groups is 1. The maximum absolute atomic E-state index is 11.8. The lowest BCUT2D eigenvalue weighted by atomic mass is 9.92. The Hall–Kier alpha value is -0.810. The first-order valence-corrected chi connectivity index (χ1v) is 7.85. The molecule has 0 radical (unpaired) electrons. The molecule has 1 rings (SSSR count). The van der Waals surface area contributed by atoms with Gasteiger partial charge in [0.25, 0.3) is 0 Å². The van der Waals surface area contributed by atoms with E-state index in [2.05, 4.69) is 5.32 Å². The maximum Gasteiger partial charge on any atom is 0.407 e. The van der Waals surface area contributed by atoms with Gasteiger partial charge in [-0.15, -0.1) is 0 Å². The molecule has 0 spiro atoms. The number of alkyl carbamates (subject to hydrolysis) is 1. The first kappa shape index (κ1) is 20.2. The number of aliphatic hydroxyl groups excluding tert-OH is 1. The van der Waals surface area contributed by atoms with Crippen LogP contribution >= 0.6 is 0 Å². The van der Waals surface area contributed by atoms with Gasteiger partial charge in [0.1, 0.15) is 17.3 Å². The van der Waals surface area contributed by atoms with E-state index in [1.807, 2.05) is 55.4 Å². The molecule has 1 aliphatic heterocycles. The second-order valence-corrected chi connectivity index (χ2v) is 6.93. The van der Waals surface area contributed by atoms with E-state index in [0.717, 1.165) is 0 Å². The van der Waals surface area contributed by atoms with Crippen LogP contribution < -0.4 is 5.32 Å². The van der Waals surface area contributed by atoms with Crippen molar-refractivity contribution in [2.45, 2.75) is 85.2 Å². The summed E-state index contributed by atoms with van der Waals surface area (Å²) in [5.41, 5.74) is -1.08. The second-order valence-electron chi connectivity index (χ2n) is 6.93. The zero-order valence-electron chi connectivity index (χ0n) is 14.8. The fourth-order valence-electron chi connectivity index (χ4n) is 1.94. The molecule has 0 aromatic heterocycles. The van der Waals surface area contributed by atoms with Crippen LogP contribution in [-0.2, 0) is 9.47 Å². The monoisotopic (exact) mass is 303 g/mol. The highest BCUT2D eigenvalue weighted by atomic mass is 16.6. The second kappa shape index (κ2) is 7.99. The topological polar surface area (TPSA) is 71.1 Å². The van der Waals surface area contributed by atoms with E-state index >= 15 is 0 Å². The fourth-order valence-corrected chi connectivity index (χ4v) is 1.94. The van der Waals surface area contributed by atoms with Crippen LogP contribution in [0.5, 0.6) is 0 Å². The van der Waals surface area contributed by atoms with Crippen molar-refractivity contribution in [3.8, 4) is 0 Å². The third-order valence-electron chi connectivity index (χ3n) is 3.03. The van der Waals surface area contributed by atoms with Crippen LogP contribution in [0.15, 0.2) is 0 Å². The third-order valence-corrected chi connectivity index (χ3v) is 3.03. The van der Waals surface area contributed by atoms with Crippen molar-refractivity contribution in [1.82, 2.24) is 5.32 Å². The normalized spacial score (nSPS) is 23.7. The van der Waals surface area contributed by atoms with Gasteiger partial charge in [-0.2, -0.15) is 0 Å². The number of hydrogen-bond donors (Lipinski definition) is 2. The van der Waals surface area contributed by atoms with Gasteiger partial charge in [0.2, 0.25) is 0 Å². The van der Waals surface area contributed by atoms with Crippen LogP contribution in [0, 0.1) is 5.92 Å². The minimum Gasteiger partial charge on any atom is -0.444 e. The van der Waals surface area contributed by atoms with E-state index in [9.17, 15) is 9.90 Å². The van der Waals surface area contributed by atoms with Gasteiger partial charge < -0.3 is 19.9 Å². The Morgan fingerprint density at radius 2 is 1.86 bits per heavy atom. The Bertz CT molecular complexity index is 319.